The SMILES string of the molecule is CC(Oc1cc(F)ccc1Nc1ncnc2cc(N=S3(=O)CCC3)cc(F)c12)C(=O)N[C@@H](C)C(F)(F)F. The highest BCUT2D eigenvalue weighted by Gasteiger charge is 2.38. The van der Waals surface area contributed by atoms with E-state index in [0.717, 1.165) is 37.9 Å². The molecule has 0 radical (unpaired) electrons. The van der Waals surface area contributed by atoms with Crippen LogP contribution in [0.15, 0.2) is 41.0 Å². The third kappa shape index (κ3) is 6.06. The van der Waals surface area contributed by atoms with Gasteiger partial charge in [0.1, 0.15) is 35.6 Å². The topological polar surface area (TPSA) is 106 Å². The maximum absolute atomic E-state index is 15.1. The Bertz CT molecular complexity index is 1460. The van der Waals surface area contributed by atoms with Crippen LogP contribution in [0.1, 0.15) is 20.3 Å². The monoisotopic (exact) mass is 543 g/mol. The first-order chi connectivity index (χ1) is 17.3. The van der Waals surface area contributed by atoms with Crippen molar-refractivity contribution in [1.29, 1.82) is 0 Å². The molecule has 0 saturated carbocycles. The number of rotatable bonds is 7. The number of carbonyl (C=O) groups excluding carboxylic acids is 1. The summed E-state index contributed by atoms with van der Waals surface area (Å²) in [5.41, 5.74) is 0.408. The second kappa shape index (κ2) is 10.1. The van der Waals surface area contributed by atoms with Gasteiger partial charge in [-0.2, -0.15) is 17.5 Å². The van der Waals surface area contributed by atoms with E-state index in [-0.39, 0.29) is 33.8 Å². The summed E-state index contributed by atoms with van der Waals surface area (Å²) < 4.78 is 89.4. The molecule has 2 heterocycles. The molecule has 1 saturated heterocycles. The van der Waals surface area contributed by atoms with Gasteiger partial charge in [-0.3, -0.25) is 4.79 Å². The van der Waals surface area contributed by atoms with E-state index in [1.165, 1.54) is 19.1 Å². The quantitative estimate of drug-likeness (QED) is 0.407. The van der Waals surface area contributed by atoms with Crippen molar-refractivity contribution in [2.24, 2.45) is 4.36 Å². The first kappa shape index (κ1) is 26.5. The van der Waals surface area contributed by atoms with Crippen LogP contribution in [0.2, 0.25) is 0 Å². The van der Waals surface area contributed by atoms with Crippen LogP contribution in [-0.2, 0) is 14.5 Å². The van der Waals surface area contributed by atoms with Crippen molar-refractivity contribution in [3.05, 3.63) is 48.3 Å². The standard InChI is InChI=1S/C23H22F5N5O3S/c1-12(22(34)31-13(2)23(26,27)28)36-19-8-14(24)4-5-17(19)32-21-20-16(25)9-15(10-18(20)29-11-30-21)33-37(35)6-3-7-37/h4-5,8-13H,3,6-7H2,1-2H3,(H,31,34)(H,29,30,32)/t12?,13-/m0/s1. The number of amides is 1. The minimum Gasteiger partial charge on any atom is -0.479 e. The number of alkyl halides is 3. The van der Waals surface area contributed by atoms with Gasteiger partial charge in [0.15, 0.2) is 6.10 Å². The number of nitrogens with one attached hydrogen (secondary N) is 2. The number of hydrogen-bond donors (Lipinski definition) is 2. The van der Waals surface area contributed by atoms with Crippen molar-refractivity contribution < 1.29 is 35.7 Å². The largest absolute Gasteiger partial charge is 0.479 e. The lowest BCUT2D eigenvalue weighted by Crippen LogP contribution is -2.47. The highest BCUT2D eigenvalue weighted by atomic mass is 32.2. The maximum Gasteiger partial charge on any atom is 0.408 e. The zero-order chi connectivity index (χ0) is 27.0. The van der Waals surface area contributed by atoms with Crippen molar-refractivity contribution in [2.45, 2.75) is 38.6 Å². The molecule has 1 unspecified atom stereocenters. The second-order valence-electron chi connectivity index (χ2n) is 8.47. The molecule has 14 heteroatoms. The predicted molar refractivity (Wildman–Crippen MR) is 128 cm³/mol. The molecule has 3 aromatic rings. The average Bonchev–Trinajstić information content (AvgIpc) is 2.79. The van der Waals surface area contributed by atoms with Crippen LogP contribution in [-0.4, -0.2) is 49.9 Å². The minimum absolute atomic E-state index is 0.0267. The van der Waals surface area contributed by atoms with E-state index in [4.69, 9.17) is 4.74 Å². The molecular formula is C23H22F5N5O3S. The van der Waals surface area contributed by atoms with Crippen LogP contribution < -0.4 is 15.4 Å². The Morgan fingerprint density at radius 3 is 2.51 bits per heavy atom. The van der Waals surface area contributed by atoms with Crippen molar-refractivity contribution in [3.8, 4) is 5.75 Å². The van der Waals surface area contributed by atoms with Crippen LogP contribution in [0, 0.1) is 11.6 Å². The summed E-state index contributed by atoms with van der Waals surface area (Å²) in [5.74, 6) is -1.92. The van der Waals surface area contributed by atoms with Gasteiger partial charge in [0, 0.05) is 23.6 Å². The lowest BCUT2D eigenvalue weighted by molar-refractivity contribution is -0.160. The number of ether oxygens (including phenoxy) is 1. The molecule has 1 aliphatic heterocycles. The summed E-state index contributed by atoms with van der Waals surface area (Å²) in [6, 6.07) is 3.68. The highest BCUT2D eigenvalue weighted by molar-refractivity contribution is 7.95. The molecule has 0 aliphatic carbocycles. The van der Waals surface area contributed by atoms with Gasteiger partial charge < -0.3 is 15.4 Å². The van der Waals surface area contributed by atoms with E-state index in [0.29, 0.717) is 11.5 Å². The van der Waals surface area contributed by atoms with Crippen molar-refractivity contribution >= 4 is 43.7 Å². The Balaban J connectivity index is 1.62. The third-order valence-electron chi connectivity index (χ3n) is 5.59. The number of anilines is 2. The van der Waals surface area contributed by atoms with E-state index in [1.54, 1.807) is 5.32 Å². The Labute approximate surface area is 208 Å². The number of carbonyl (C=O) groups is 1. The smallest absolute Gasteiger partial charge is 0.408 e. The fraction of sp³-hybridized carbons (Fsp3) is 0.348. The number of benzene rings is 2. The summed E-state index contributed by atoms with van der Waals surface area (Å²) in [6.45, 7) is 1.97. The first-order valence-electron chi connectivity index (χ1n) is 11.1. The molecule has 8 nitrogen and oxygen atoms in total. The van der Waals surface area contributed by atoms with E-state index in [2.05, 4.69) is 19.6 Å². The summed E-state index contributed by atoms with van der Waals surface area (Å²) in [6.07, 6.45) is -4.14. The molecule has 1 aliphatic rings. The molecule has 1 aromatic heterocycles. The first-order valence-corrected chi connectivity index (χ1v) is 13.0. The van der Waals surface area contributed by atoms with Gasteiger partial charge >= 0.3 is 6.18 Å². The molecule has 37 heavy (non-hydrogen) atoms. The van der Waals surface area contributed by atoms with E-state index in [9.17, 15) is 26.6 Å². The Morgan fingerprint density at radius 2 is 1.86 bits per heavy atom. The number of nitrogens with zero attached hydrogens (tertiary/aromatic N) is 3. The fourth-order valence-corrected chi connectivity index (χ4v) is 4.89. The van der Waals surface area contributed by atoms with Crippen LogP contribution in [0.5, 0.6) is 5.75 Å². The van der Waals surface area contributed by atoms with E-state index in [1.807, 2.05) is 0 Å². The Hall–Kier alpha value is -3.55. The van der Waals surface area contributed by atoms with Crippen molar-refractivity contribution in [3.63, 3.8) is 0 Å². The van der Waals surface area contributed by atoms with Gasteiger partial charge in [-0.05, 0) is 38.5 Å². The Morgan fingerprint density at radius 1 is 1.14 bits per heavy atom. The predicted octanol–water partition coefficient (Wildman–Crippen LogP) is 4.99. The molecule has 4 rings (SSSR count). The zero-order valence-corrected chi connectivity index (χ0v) is 20.4. The molecule has 1 amide bonds. The van der Waals surface area contributed by atoms with Gasteiger partial charge in [-0.1, -0.05) is 0 Å². The fourth-order valence-electron chi connectivity index (χ4n) is 3.43. The number of fused-ring (bicyclic) bond motifs is 1. The van der Waals surface area contributed by atoms with Crippen LogP contribution >= 0.6 is 0 Å². The molecule has 1 fully saturated rings. The highest BCUT2D eigenvalue weighted by Crippen LogP contribution is 2.34. The summed E-state index contributed by atoms with van der Waals surface area (Å²) in [4.78, 5) is 20.3. The molecular weight excluding hydrogens is 521 g/mol. The Kier molecular flexibility index (Phi) is 7.22. The van der Waals surface area contributed by atoms with Gasteiger partial charge in [0.05, 0.1) is 32.0 Å². The molecule has 0 spiro atoms. The van der Waals surface area contributed by atoms with Gasteiger partial charge in [-0.15, -0.1) is 0 Å². The minimum atomic E-state index is -4.65. The third-order valence-corrected chi connectivity index (χ3v) is 7.99. The van der Waals surface area contributed by atoms with Gasteiger partial charge in [0.2, 0.25) is 0 Å². The van der Waals surface area contributed by atoms with Gasteiger partial charge in [-0.25, -0.2) is 23.0 Å². The van der Waals surface area contributed by atoms with Gasteiger partial charge in [0.25, 0.3) is 5.91 Å². The molecule has 2 atom stereocenters. The zero-order valence-electron chi connectivity index (χ0n) is 19.6. The molecule has 2 N–H and O–H groups in total. The summed E-state index contributed by atoms with van der Waals surface area (Å²) >= 11 is 0. The molecule has 0 bridgehead atoms. The number of halogens is 5. The molecule has 198 valence electrons. The lowest BCUT2D eigenvalue weighted by Gasteiger charge is -2.21. The normalized spacial score (nSPS) is 16.4. The van der Waals surface area contributed by atoms with Crippen molar-refractivity contribution in [1.82, 2.24) is 15.3 Å². The summed E-state index contributed by atoms with van der Waals surface area (Å²) in [7, 11) is -2.38. The average molecular weight is 544 g/mol. The van der Waals surface area contributed by atoms with E-state index >= 15 is 4.39 Å². The van der Waals surface area contributed by atoms with Crippen LogP contribution in [0.25, 0.3) is 10.9 Å². The molecule has 2 aromatic carbocycles. The maximum atomic E-state index is 15.1. The van der Waals surface area contributed by atoms with E-state index < -0.39 is 45.6 Å². The van der Waals surface area contributed by atoms with Crippen molar-refractivity contribution in [2.75, 3.05) is 16.8 Å². The number of aromatic nitrogens is 2. The number of hydrogen-bond acceptors (Lipinski definition) is 7. The lowest BCUT2D eigenvalue weighted by atomic mass is 10.2. The van der Waals surface area contributed by atoms with Crippen LogP contribution in [0.4, 0.5) is 39.1 Å². The van der Waals surface area contributed by atoms with Crippen LogP contribution in [0.3, 0.4) is 0 Å². The second-order valence-corrected chi connectivity index (χ2v) is 11.0. The summed E-state index contributed by atoms with van der Waals surface area (Å²) in [5, 5.41) is 4.55.